The van der Waals surface area contributed by atoms with E-state index < -0.39 is 0 Å². The van der Waals surface area contributed by atoms with Crippen molar-refractivity contribution < 1.29 is 5.11 Å². The molecule has 0 aliphatic carbocycles. The first-order valence-corrected chi connectivity index (χ1v) is 6.50. The summed E-state index contributed by atoms with van der Waals surface area (Å²) >= 11 is 0. The zero-order chi connectivity index (χ0) is 13.9. The minimum Gasteiger partial charge on any atom is -0.392 e. The van der Waals surface area contributed by atoms with Crippen molar-refractivity contribution in [1.29, 1.82) is 0 Å². The number of hydrogen-bond donors (Lipinski definition) is 2. The molecular formula is C15H16N4O. The van der Waals surface area contributed by atoms with Gasteiger partial charge in [-0.1, -0.05) is 24.3 Å². The Hall–Kier alpha value is -2.40. The van der Waals surface area contributed by atoms with Crippen LogP contribution in [0.1, 0.15) is 16.8 Å². The van der Waals surface area contributed by atoms with Crippen LogP contribution in [-0.2, 0) is 13.2 Å². The number of nitrogens with zero attached hydrogens (tertiary/aromatic N) is 3. The van der Waals surface area contributed by atoms with Gasteiger partial charge in [0.25, 0.3) is 0 Å². The quantitative estimate of drug-likeness (QED) is 0.761. The summed E-state index contributed by atoms with van der Waals surface area (Å²) in [6, 6.07) is 9.85. The van der Waals surface area contributed by atoms with Crippen molar-refractivity contribution in [3.05, 3.63) is 59.5 Å². The van der Waals surface area contributed by atoms with Gasteiger partial charge >= 0.3 is 0 Å². The van der Waals surface area contributed by atoms with Crippen LogP contribution in [0, 0.1) is 6.92 Å². The molecule has 0 spiro atoms. The summed E-state index contributed by atoms with van der Waals surface area (Å²) in [6.45, 7) is 2.68. The molecule has 0 aliphatic rings. The largest absolute Gasteiger partial charge is 0.392 e. The highest BCUT2D eigenvalue weighted by molar-refractivity contribution is 5.67. The Bertz CT molecular complexity index is 736. The highest BCUT2D eigenvalue weighted by Crippen LogP contribution is 2.16. The number of aliphatic hydroxyl groups excluding tert-OH is 1. The predicted molar refractivity (Wildman–Crippen MR) is 77.4 cm³/mol. The second-order valence-corrected chi connectivity index (χ2v) is 4.72. The van der Waals surface area contributed by atoms with Crippen molar-refractivity contribution in [2.45, 2.75) is 20.1 Å². The lowest BCUT2D eigenvalue weighted by atomic mass is 10.1. The van der Waals surface area contributed by atoms with Crippen LogP contribution in [0.4, 0.5) is 5.82 Å². The summed E-state index contributed by atoms with van der Waals surface area (Å²) in [5, 5.41) is 16.8. The highest BCUT2D eigenvalue weighted by atomic mass is 16.3. The molecule has 1 aromatic carbocycles. The van der Waals surface area contributed by atoms with E-state index in [9.17, 15) is 0 Å². The van der Waals surface area contributed by atoms with Crippen LogP contribution in [0.15, 0.2) is 42.7 Å². The average molecular weight is 268 g/mol. The molecule has 2 N–H and O–H groups in total. The topological polar surface area (TPSA) is 62.5 Å². The third kappa shape index (κ3) is 2.48. The Labute approximate surface area is 116 Å². The maximum absolute atomic E-state index is 9.15. The maximum atomic E-state index is 9.15. The first kappa shape index (κ1) is 12.6. The van der Waals surface area contributed by atoms with Gasteiger partial charge in [0.2, 0.25) is 0 Å². The van der Waals surface area contributed by atoms with Gasteiger partial charge in [0.05, 0.1) is 12.3 Å². The van der Waals surface area contributed by atoms with Gasteiger partial charge in [-0.25, -0.2) is 9.50 Å². The molecule has 0 radical (unpaired) electrons. The number of benzene rings is 1. The first-order chi connectivity index (χ1) is 9.76. The fraction of sp³-hybridized carbons (Fsp3) is 0.200. The van der Waals surface area contributed by atoms with E-state index in [0.29, 0.717) is 6.54 Å². The van der Waals surface area contributed by atoms with Crippen molar-refractivity contribution in [2.75, 3.05) is 5.32 Å². The molecule has 0 fully saturated rings. The summed E-state index contributed by atoms with van der Waals surface area (Å²) in [5.74, 6) is 0.808. The summed E-state index contributed by atoms with van der Waals surface area (Å²) in [7, 11) is 0. The highest BCUT2D eigenvalue weighted by Gasteiger charge is 2.05. The molecule has 0 unspecified atom stereocenters. The van der Waals surface area contributed by atoms with Crippen LogP contribution < -0.4 is 5.32 Å². The van der Waals surface area contributed by atoms with E-state index in [1.165, 1.54) is 0 Å². The van der Waals surface area contributed by atoms with Gasteiger partial charge < -0.3 is 10.4 Å². The standard InChI is InChI=1S/C15H16N4O/c1-11-7-14-15(16-5-6-19(14)18-11)17-9-12-3-2-4-13(8-12)10-20/h2-8,20H,9-10H2,1H3,(H,16,17). The Balaban J connectivity index is 1.82. The maximum Gasteiger partial charge on any atom is 0.152 e. The van der Waals surface area contributed by atoms with E-state index in [0.717, 1.165) is 28.2 Å². The molecule has 3 aromatic rings. The zero-order valence-corrected chi connectivity index (χ0v) is 11.2. The second-order valence-electron chi connectivity index (χ2n) is 4.72. The SMILES string of the molecule is Cc1cc2c(NCc3cccc(CO)c3)nccn2n1. The van der Waals surface area contributed by atoms with Crippen molar-refractivity contribution in [3.63, 3.8) is 0 Å². The monoisotopic (exact) mass is 268 g/mol. The molecule has 0 aliphatic heterocycles. The van der Waals surface area contributed by atoms with Crippen molar-refractivity contribution >= 4 is 11.3 Å². The molecule has 0 amide bonds. The molecule has 0 bridgehead atoms. The molecule has 20 heavy (non-hydrogen) atoms. The van der Waals surface area contributed by atoms with E-state index >= 15 is 0 Å². The van der Waals surface area contributed by atoms with Crippen molar-refractivity contribution in [1.82, 2.24) is 14.6 Å². The van der Waals surface area contributed by atoms with Crippen LogP contribution in [0.5, 0.6) is 0 Å². The van der Waals surface area contributed by atoms with Crippen LogP contribution in [0.2, 0.25) is 0 Å². The molecule has 102 valence electrons. The number of fused-ring (bicyclic) bond motifs is 1. The number of anilines is 1. The summed E-state index contributed by atoms with van der Waals surface area (Å²) in [5.41, 5.74) is 3.94. The van der Waals surface area contributed by atoms with E-state index in [2.05, 4.69) is 15.4 Å². The lowest BCUT2D eigenvalue weighted by Crippen LogP contribution is -2.03. The third-order valence-corrected chi connectivity index (χ3v) is 3.15. The summed E-state index contributed by atoms with van der Waals surface area (Å²) < 4.78 is 1.81. The van der Waals surface area contributed by atoms with Gasteiger partial charge in [0, 0.05) is 18.9 Å². The van der Waals surface area contributed by atoms with Gasteiger partial charge in [-0.15, -0.1) is 0 Å². The van der Waals surface area contributed by atoms with Crippen LogP contribution in [0.25, 0.3) is 5.52 Å². The Kier molecular flexibility index (Phi) is 3.35. The Morgan fingerprint density at radius 2 is 2.10 bits per heavy atom. The number of nitrogens with one attached hydrogen (secondary N) is 1. The van der Waals surface area contributed by atoms with Gasteiger partial charge in [0.1, 0.15) is 5.52 Å². The number of aromatic nitrogens is 3. The minimum atomic E-state index is 0.0590. The Morgan fingerprint density at radius 3 is 2.95 bits per heavy atom. The summed E-state index contributed by atoms with van der Waals surface area (Å²) in [6.07, 6.45) is 3.56. The summed E-state index contributed by atoms with van der Waals surface area (Å²) in [4.78, 5) is 4.36. The number of rotatable bonds is 4. The van der Waals surface area contributed by atoms with Gasteiger partial charge in [-0.05, 0) is 24.1 Å². The second kappa shape index (κ2) is 5.30. The number of aryl methyl sites for hydroxylation is 1. The molecule has 0 saturated heterocycles. The molecule has 5 nitrogen and oxygen atoms in total. The van der Waals surface area contributed by atoms with E-state index in [4.69, 9.17) is 5.11 Å². The smallest absolute Gasteiger partial charge is 0.152 e. The van der Waals surface area contributed by atoms with Gasteiger partial charge in [0.15, 0.2) is 5.82 Å². The van der Waals surface area contributed by atoms with Crippen LogP contribution in [-0.4, -0.2) is 19.7 Å². The lowest BCUT2D eigenvalue weighted by Gasteiger charge is -2.08. The van der Waals surface area contributed by atoms with Gasteiger partial charge in [-0.3, -0.25) is 0 Å². The lowest BCUT2D eigenvalue weighted by molar-refractivity contribution is 0.281. The molecule has 0 saturated carbocycles. The third-order valence-electron chi connectivity index (χ3n) is 3.15. The fourth-order valence-corrected chi connectivity index (χ4v) is 2.20. The molecule has 2 aromatic heterocycles. The van der Waals surface area contributed by atoms with Crippen LogP contribution in [0.3, 0.4) is 0 Å². The zero-order valence-electron chi connectivity index (χ0n) is 11.2. The minimum absolute atomic E-state index is 0.0590. The van der Waals surface area contributed by atoms with E-state index in [-0.39, 0.29) is 6.61 Å². The van der Waals surface area contributed by atoms with Crippen molar-refractivity contribution in [2.24, 2.45) is 0 Å². The van der Waals surface area contributed by atoms with E-state index in [1.54, 1.807) is 6.20 Å². The molecule has 2 heterocycles. The van der Waals surface area contributed by atoms with Crippen LogP contribution >= 0.6 is 0 Å². The molecule has 5 heteroatoms. The van der Waals surface area contributed by atoms with Gasteiger partial charge in [-0.2, -0.15) is 5.10 Å². The first-order valence-electron chi connectivity index (χ1n) is 6.50. The fourth-order valence-electron chi connectivity index (χ4n) is 2.20. The van der Waals surface area contributed by atoms with Crippen molar-refractivity contribution in [3.8, 4) is 0 Å². The van der Waals surface area contributed by atoms with E-state index in [1.807, 2.05) is 48.0 Å². The molecular weight excluding hydrogens is 252 g/mol. The molecule has 3 rings (SSSR count). The predicted octanol–water partition coefficient (Wildman–Crippen LogP) is 2.14. The average Bonchev–Trinajstić information content (AvgIpc) is 2.86. The Morgan fingerprint density at radius 1 is 1.25 bits per heavy atom. The number of aliphatic hydroxyl groups is 1. The normalized spacial score (nSPS) is 10.9. The number of hydrogen-bond acceptors (Lipinski definition) is 4. The molecule has 0 atom stereocenters.